The SMILES string of the molecule is COc1ccc(-c2c(-c3ccn(C)n3)sc3nc(-c4nccn4C)nc(NCCCCO)c23)cc1. The van der Waals surface area contributed by atoms with Crippen LogP contribution in [0, 0.1) is 0 Å². The Morgan fingerprint density at radius 1 is 1.06 bits per heavy atom. The molecule has 9 nitrogen and oxygen atoms in total. The van der Waals surface area contributed by atoms with Crippen LogP contribution in [0.3, 0.4) is 0 Å². The van der Waals surface area contributed by atoms with Gasteiger partial charge in [0.05, 0.1) is 17.4 Å². The first-order valence-corrected chi connectivity index (χ1v) is 12.2. The van der Waals surface area contributed by atoms with Crippen molar-refractivity contribution < 1.29 is 9.84 Å². The van der Waals surface area contributed by atoms with Crippen LogP contribution in [0.4, 0.5) is 5.82 Å². The number of aliphatic hydroxyl groups is 1. The highest BCUT2D eigenvalue weighted by atomic mass is 32.1. The lowest BCUT2D eigenvalue weighted by Crippen LogP contribution is -2.07. The van der Waals surface area contributed by atoms with Gasteiger partial charge < -0.3 is 19.7 Å². The van der Waals surface area contributed by atoms with Gasteiger partial charge in [-0.1, -0.05) is 12.1 Å². The number of nitrogens with one attached hydrogen (secondary N) is 1. The summed E-state index contributed by atoms with van der Waals surface area (Å²) in [6.45, 7) is 0.849. The smallest absolute Gasteiger partial charge is 0.199 e. The molecular formula is C25H27N7O2S. The summed E-state index contributed by atoms with van der Waals surface area (Å²) in [7, 11) is 5.51. The van der Waals surface area contributed by atoms with Crippen LogP contribution in [0.2, 0.25) is 0 Å². The van der Waals surface area contributed by atoms with Crippen LogP contribution in [-0.2, 0) is 14.1 Å². The molecule has 35 heavy (non-hydrogen) atoms. The monoisotopic (exact) mass is 489 g/mol. The second-order valence-corrected chi connectivity index (χ2v) is 9.20. The van der Waals surface area contributed by atoms with Crippen LogP contribution in [0.15, 0.2) is 48.9 Å². The zero-order valence-electron chi connectivity index (χ0n) is 19.9. The molecule has 1 aromatic carbocycles. The van der Waals surface area contributed by atoms with Gasteiger partial charge in [-0.2, -0.15) is 5.10 Å². The Hall–Kier alpha value is -3.76. The largest absolute Gasteiger partial charge is 0.497 e. The summed E-state index contributed by atoms with van der Waals surface area (Å²) in [6, 6.07) is 10.0. The Labute approximate surface area is 207 Å². The molecule has 0 unspecified atom stereocenters. The van der Waals surface area contributed by atoms with Crippen molar-refractivity contribution in [3.05, 3.63) is 48.9 Å². The molecule has 0 aliphatic heterocycles. The van der Waals surface area contributed by atoms with Crippen LogP contribution in [-0.4, -0.2) is 54.7 Å². The first kappa shape index (κ1) is 23.0. The number of nitrogens with zero attached hydrogens (tertiary/aromatic N) is 6. The van der Waals surface area contributed by atoms with E-state index in [1.54, 1.807) is 29.3 Å². The average molecular weight is 490 g/mol. The lowest BCUT2D eigenvalue weighted by Gasteiger charge is -2.11. The van der Waals surface area contributed by atoms with Gasteiger partial charge in [-0.25, -0.2) is 15.0 Å². The van der Waals surface area contributed by atoms with Gasteiger partial charge in [0.15, 0.2) is 11.6 Å². The number of fused-ring (bicyclic) bond motifs is 1. The number of aryl methyl sites for hydroxylation is 2. The Bertz CT molecular complexity index is 1450. The van der Waals surface area contributed by atoms with E-state index in [0.717, 1.165) is 56.3 Å². The van der Waals surface area contributed by atoms with Crippen LogP contribution in [0.25, 0.3) is 43.6 Å². The minimum atomic E-state index is 0.165. The first-order chi connectivity index (χ1) is 17.1. The molecule has 0 fully saturated rings. The van der Waals surface area contributed by atoms with Gasteiger partial charge >= 0.3 is 0 Å². The number of hydrogen-bond donors (Lipinski definition) is 2. The summed E-state index contributed by atoms with van der Waals surface area (Å²) >= 11 is 1.60. The molecule has 5 rings (SSSR count). The number of unbranched alkanes of at least 4 members (excludes halogenated alkanes) is 1. The van der Waals surface area contributed by atoms with Gasteiger partial charge in [-0.3, -0.25) is 4.68 Å². The van der Waals surface area contributed by atoms with Crippen LogP contribution >= 0.6 is 11.3 Å². The van der Waals surface area contributed by atoms with Gasteiger partial charge in [-0.15, -0.1) is 11.3 Å². The molecule has 0 amide bonds. The molecular weight excluding hydrogens is 462 g/mol. The second kappa shape index (κ2) is 9.85. The number of rotatable bonds is 9. The number of ether oxygens (including phenoxy) is 1. The lowest BCUT2D eigenvalue weighted by atomic mass is 10.0. The summed E-state index contributed by atoms with van der Waals surface area (Å²) in [5, 5.41) is 18.4. The van der Waals surface area contributed by atoms with Crippen molar-refractivity contribution in [2.45, 2.75) is 12.8 Å². The van der Waals surface area contributed by atoms with Crippen LogP contribution < -0.4 is 10.1 Å². The number of methoxy groups -OCH3 is 1. The van der Waals surface area contributed by atoms with Crippen molar-refractivity contribution in [3.8, 4) is 39.1 Å². The average Bonchev–Trinajstić information content (AvgIpc) is 3.59. The molecule has 180 valence electrons. The van der Waals surface area contributed by atoms with E-state index in [1.165, 1.54) is 0 Å². The van der Waals surface area contributed by atoms with Crippen molar-refractivity contribution in [3.63, 3.8) is 0 Å². The highest BCUT2D eigenvalue weighted by Crippen LogP contribution is 2.46. The lowest BCUT2D eigenvalue weighted by molar-refractivity contribution is 0.286. The van der Waals surface area contributed by atoms with E-state index in [0.29, 0.717) is 18.2 Å². The molecule has 0 aliphatic rings. The summed E-state index contributed by atoms with van der Waals surface area (Å²) in [5.41, 5.74) is 2.94. The first-order valence-electron chi connectivity index (χ1n) is 11.4. The predicted octanol–water partition coefficient (Wildman–Crippen LogP) is 4.35. The Morgan fingerprint density at radius 3 is 2.54 bits per heavy atom. The van der Waals surface area contributed by atoms with E-state index in [2.05, 4.69) is 27.5 Å². The molecule has 5 aromatic rings. The molecule has 0 radical (unpaired) electrons. The fourth-order valence-electron chi connectivity index (χ4n) is 4.00. The Kier molecular flexibility index (Phi) is 6.47. The quantitative estimate of drug-likeness (QED) is 0.297. The maximum absolute atomic E-state index is 9.22. The maximum atomic E-state index is 9.22. The van der Waals surface area contributed by atoms with Crippen LogP contribution in [0.1, 0.15) is 12.8 Å². The predicted molar refractivity (Wildman–Crippen MR) is 139 cm³/mol. The van der Waals surface area contributed by atoms with Crippen molar-refractivity contribution in [1.82, 2.24) is 29.3 Å². The van der Waals surface area contributed by atoms with E-state index in [9.17, 15) is 5.11 Å². The number of imidazole rings is 1. The van der Waals surface area contributed by atoms with Gasteiger partial charge in [-0.05, 0) is 36.6 Å². The highest BCUT2D eigenvalue weighted by Gasteiger charge is 2.24. The van der Waals surface area contributed by atoms with Crippen molar-refractivity contribution in [2.24, 2.45) is 14.1 Å². The zero-order valence-corrected chi connectivity index (χ0v) is 20.7. The van der Waals surface area contributed by atoms with E-state index < -0.39 is 0 Å². The molecule has 0 saturated heterocycles. The van der Waals surface area contributed by atoms with E-state index >= 15 is 0 Å². The summed E-state index contributed by atoms with van der Waals surface area (Å²) in [6.07, 6.45) is 7.12. The van der Waals surface area contributed by atoms with Crippen LogP contribution in [0.5, 0.6) is 5.75 Å². The third-order valence-electron chi connectivity index (χ3n) is 5.78. The van der Waals surface area contributed by atoms with E-state index in [4.69, 9.17) is 14.7 Å². The Balaban J connectivity index is 1.75. The topological polar surface area (TPSA) is 103 Å². The summed E-state index contributed by atoms with van der Waals surface area (Å²) < 4.78 is 9.09. The minimum Gasteiger partial charge on any atom is -0.497 e. The standard InChI is InChI=1S/C25H27N7O2S/c1-31-14-12-27-24(31)23-28-22(26-11-4-5-15-33)20-19(16-6-8-17(34-3)9-7-16)21(35-25(20)29-23)18-10-13-32(2)30-18/h6-10,12-14,33H,4-5,11,15H2,1-3H3,(H,26,28,29). The zero-order chi connectivity index (χ0) is 24.4. The normalized spacial score (nSPS) is 11.3. The van der Waals surface area contributed by atoms with Gasteiger partial charge in [0.2, 0.25) is 0 Å². The number of benzene rings is 1. The summed E-state index contributed by atoms with van der Waals surface area (Å²) in [4.78, 5) is 16.2. The molecule has 4 aromatic heterocycles. The number of thiophene rings is 1. The third-order valence-corrected chi connectivity index (χ3v) is 6.88. The van der Waals surface area contributed by atoms with E-state index in [-0.39, 0.29) is 6.61 Å². The molecule has 0 spiro atoms. The second-order valence-electron chi connectivity index (χ2n) is 8.20. The number of aromatic nitrogens is 6. The molecule has 2 N–H and O–H groups in total. The number of hydrogen-bond acceptors (Lipinski definition) is 8. The Morgan fingerprint density at radius 2 is 1.89 bits per heavy atom. The fourth-order valence-corrected chi connectivity index (χ4v) is 5.16. The van der Waals surface area contributed by atoms with Gasteiger partial charge in [0, 0.05) is 51.4 Å². The fraction of sp³-hybridized carbons (Fsp3) is 0.280. The van der Waals surface area contributed by atoms with Crippen molar-refractivity contribution >= 4 is 27.4 Å². The van der Waals surface area contributed by atoms with Crippen molar-refractivity contribution in [2.75, 3.05) is 25.6 Å². The molecule has 4 heterocycles. The van der Waals surface area contributed by atoms with E-state index in [1.807, 2.05) is 49.3 Å². The minimum absolute atomic E-state index is 0.165. The molecule has 0 saturated carbocycles. The molecule has 0 bridgehead atoms. The molecule has 0 aliphatic carbocycles. The number of aliphatic hydroxyl groups excluding tert-OH is 1. The summed E-state index contributed by atoms with van der Waals surface area (Å²) in [5.74, 6) is 2.80. The van der Waals surface area contributed by atoms with Crippen molar-refractivity contribution in [1.29, 1.82) is 0 Å². The number of anilines is 1. The molecule has 10 heteroatoms. The highest BCUT2D eigenvalue weighted by molar-refractivity contribution is 7.22. The van der Waals surface area contributed by atoms with Gasteiger partial charge in [0.1, 0.15) is 22.1 Å². The third kappa shape index (κ3) is 4.50. The van der Waals surface area contributed by atoms with Gasteiger partial charge in [0.25, 0.3) is 0 Å². The maximum Gasteiger partial charge on any atom is 0.199 e. The molecule has 0 atom stereocenters.